The van der Waals surface area contributed by atoms with Crippen molar-refractivity contribution < 1.29 is 9.53 Å². The van der Waals surface area contributed by atoms with Crippen LogP contribution in [0.3, 0.4) is 0 Å². The Kier molecular flexibility index (Phi) is 4.62. The maximum Gasteiger partial charge on any atom is 0.234 e. The Balaban J connectivity index is 1.53. The Morgan fingerprint density at radius 1 is 1.45 bits per heavy atom. The van der Waals surface area contributed by atoms with Crippen molar-refractivity contribution in [3.63, 3.8) is 0 Å². The van der Waals surface area contributed by atoms with E-state index in [1.165, 1.54) is 24.6 Å². The number of H-pyrrole nitrogens is 1. The van der Waals surface area contributed by atoms with Crippen LogP contribution in [0.25, 0.3) is 0 Å². The second-order valence-electron chi connectivity index (χ2n) is 5.04. The van der Waals surface area contributed by atoms with Crippen molar-refractivity contribution in [1.29, 1.82) is 0 Å². The van der Waals surface area contributed by atoms with Crippen LogP contribution in [0.1, 0.15) is 31.5 Å². The first-order valence-electron chi connectivity index (χ1n) is 7.33. The van der Waals surface area contributed by atoms with Gasteiger partial charge in [-0.15, -0.1) is 5.10 Å². The van der Waals surface area contributed by atoms with E-state index in [1.54, 1.807) is 0 Å². The molecule has 1 aromatic heterocycles. The molecule has 1 aromatic carbocycles. The van der Waals surface area contributed by atoms with E-state index >= 15 is 0 Å². The first-order chi connectivity index (χ1) is 10.8. The van der Waals surface area contributed by atoms with Gasteiger partial charge in [0.25, 0.3) is 0 Å². The number of thioether (sulfide) groups is 1. The average molecular weight is 318 g/mol. The number of nitrogens with one attached hydrogen (secondary N) is 2. The number of carbonyl (C=O) groups excluding carboxylic acids is 1. The average Bonchev–Trinajstić information content (AvgIpc) is 3.26. The minimum atomic E-state index is -0.102. The number of hydrogen-bond acceptors (Lipinski definition) is 5. The van der Waals surface area contributed by atoms with Gasteiger partial charge in [-0.05, 0) is 31.9 Å². The maximum atomic E-state index is 12.0. The molecule has 1 aliphatic carbocycles. The van der Waals surface area contributed by atoms with Crippen molar-refractivity contribution in [2.24, 2.45) is 0 Å². The van der Waals surface area contributed by atoms with Gasteiger partial charge >= 0.3 is 0 Å². The Morgan fingerprint density at radius 2 is 2.27 bits per heavy atom. The Hall–Kier alpha value is -2.02. The zero-order valence-electron chi connectivity index (χ0n) is 12.3. The number of benzene rings is 1. The third-order valence-electron chi connectivity index (χ3n) is 3.24. The van der Waals surface area contributed by atoms with Gasteiger partial charge in [0.1, 0.15) is 11.6 Å². The highest BCUT2D eigenvalue weighted by Gasteiger charge is 2.27. The van der Waals surface area contributed by atoms with E-state index in [9.17, 15) is 4.79 Å². The summed E-state index contributed by atoms with van der Waals surface area (Å²) in [5.74, 6) is 2.31. The summed E-state index contributed by atoms with van der Waals surface area (Å²) in [5, 5.41) is 10.5. The van der Waals surface area contributed by atoms with Gasteiger partial charge in [-0.2, -0.15) is 0 Å². The molecule has 1 fully saturated rings. The topological polar surface area (TPSA) is 79.9 Å². The third kappa shape index (κ3) is 3.79. The van der Waals surface area contributed by atoms with E-state index in [0.717, 1.165) is 5.82 Å². The summed E-state index contributed by atoms with van der Waals surface area (Å²) >= 11 is 1.33. The standard InChI is InChI=1S/C15H18N4O2S/c1-2-21-12-6-4-3-5-11(12)16-13(20)9-22-15-17-14(18-19-15)10-7-8-10/h3-6,10H,2,7-9H2,1H3,(H,16,20)(H,17,18,19). The Morgan fingerprint density at radius 3 is 3.05 bits per heavy atom. The monoisotopic (exact) mass is 318 g/mol. The van der Waals surface area contributed by atoms with E-state index in [2.05, 4.69) is 20.5 Å². The second kappa shape index (κ2) is 6.83. The molecule has 0 atom stereocenters. The molecule has 1 saturated carbocycles. The molecule has 0 unspecified atom stereocenters. The molecule has 3 rings (SSSR count). The minimum absolute atomic E-state index is 0.102. The van der Waals surface area contributed by atoms with Crippen LogP contribution in [0.4, 0.5) is 5.69 Å². The van der Waals surface area contributed by atoms with Crippen LogP contribution < -0.4 is 10.1 Å². The highest BCUT2D eigenvalue weighted by atomic mass is 32.2. The molecule has 0 radical (unpaired) electrons. The lowest BCUT2D eigenvalue weighted by Crippen LogP contribution is -2.15. The molecule has 0 aliphatic heterocycles. The Bertz CT molecular complexity index is 654. The number of aromatic amines is 1. The van der Waals surface area contributed by atoms with E-state index in [4.69, 9.17) is 4.74 Å². The highest BCUT2D eigenvalue weighted by Crippen LogP contribution is 2.38. The van der Waals surface area contributed by atoms with Crippen molar-refractivity contribution in [2.75, 3.05) is 17.7 Å². The summed E-state index contributed by atoms with van der Waals surface area (Å²) in [6.45, 7) is 2.47. The molecular formula is C15H18N4O2S. The lowest BCUT2D eigenvalue weighted by Gasteiger charge is -2.10. The van der Waals surface area contributed by atoms with Gasteiger partial charge in [0, 0.05) is 5.92 Å². The van der Waals surface area contributed by atoms with Crippen LogP contribution in [0.2, 0.25) is 0 Å². The molecule has 0 spiro atoms. The number of carbonyl (C=O) groups is 1. The number of hydrogen-bond donors (Lipinski definition) is 2. The molecule has 2 aromatic rings. The number of anilines is 1. The molecule has 0 bridgehead atoms. The Labute approximate surface area is 133 Å². The summed E-state index contributed by atoms with van der Waals surface area (Å²) in [6, 6.07) is 7.40. The van der Waals surface area contributed by atoms with Gasteiger partial charge in [0.05, 0.1) is 18.0 Å². The molecule has 7 heteroatoms. The molecule has 1 aliphatic rings. The van der Waals surface area contributed by atoms with Crippen molar-refractivity contribution in [3.05, 3.63) is 30.1 Å². The summed E-state index contributed by atoms with van der Waals surface area (Å²) < 4.78 is 5.49. The largest absolute Gasteiger partial charge is 0.492 e. The van der Waals surface area contributed by atoms with Gasteiger partial charge in [-0.25, -0.2) is 4.98 Å². The minimum Gasteiger partial charge on any atom is -0.492 e. The molecule has 22 heavy (non-hydrogen) atoms. The maximum absolute atomic E-state index is 12.0. The van der Waals surface area contributed by atoms with Crippen molar-refractivity contribution in [3.8, 4) is 5.75 Å². The number of aromatic nitrogens is 3. The third-order valence-corrected chi connectivity index (χ3v) is 4.09. The fraction of sp³-hybridized carbons (Fsp3) is 0.400. The zero-order valence-corrected chi connectivity index (χ0v) is 13.2. The SMILES string of the molecule is CCOc1ccccc1NC(=O)CSc1n[nH]c(C2CC2)n1. The van der Waals surface area contributed by atoms with Gasteiger partial charge in [-0.3, -0.25) is 9.89 Å². The van der Waals surface area contributed by atoms with Crippen molar-refractivity contribution >= 4 is 23.4 Å². The molecular weight excluding hydrogens is 300 g/mol. The fourth-order valence-corrected chi connectivity index (χ4v) is 2.64. The van der Waals surface area contributed by atoms with E-state index < -0.39 is 0 Å². The van der Waals surface area contributed by atoms with E-state index in [0.29, 0.717) is 29.1 Å². The number of para-hydroxylation sites is 2. The van der Waals surface area contributed by atoms with E-state index in [-0.39, 0.29) is 11.7 Å². The molecule has 1 heterocycles. The molecule has 0 saturated heterocycles. The predicted octanol–water partition coefficient (Wildman–Crippen LogP) is 2.81. The van der Waals surface area contributed by atoms with Crippen LogP contribution in [0.15, 0.2) is 29.4 Å². The van der Waals surface area contributed by atoms with Crippen LogP contribution in [0.5, 0.6) is 5.75 Å². The summed E-state index contributed by atoms with van der Waals surface area (Å²) in [4.78, 5) is 16.4. The normalized spacial score (nSPS) is 13.9. The first kappa shape index (κ1) is 14.9. The molecule has 116 valence electrons. The van der Waals surface area contributed by atoms with Gasteiger partial charge in [-0.1, -0.05) is 23.9 Å². The van der Waals surface area contributed by atoms with Gasteiger partial charge in [0.2, 0.25) is 11.1 Å². The molecule has 1 amide bonds. The van der Waals surface area contributed by atoms with Crippen molar-refractivity contribution in [1.82, 2.24) is 15.2 Å². The second-order valence-corrected chi connectivity index (χ2v) is 5.99. The quantitative estimate of drug-likeness (QED) is 0.767. The van der Waals surface area contributed by atoms with Crippen LogP contribution in [-0.2, 0) is 4.79 Å². The summed E-state index contributed by atoms with van der Waals surface area (Å²) in [6.07, 6.45) is 2.35. The van der Waals surface area contributed by atoms with Gasteiger partial charge in [0.15, 0.2) is 0 Å². The lowest BCUT2D eigenvalue weighted by atomic mass is 10.3. The first-order valence-corrected chi connectivity index (χ1v) is 8.31. The number of rotatable bonds is 7. The lowest BCUT2D eigenvalue weighted by molar-refractivity contribution is -0.113. The smallest absolute Gasteiger partial charge is 0.234 e. The number of ether oxygens (including phenoxy) is 1. The van der Waals surface area contributed by atoms with Crippen LogP contribution in [0, 0.1) is 0 Å². The molecule has 6 nitrogen and oxygen atoms in total. The molecule has 2 N–H and O–H groups in total. The van der Waals surface area contributed by atoms with Gasteiger partial charge < -0.3 is 10.1 Å². The summed E-state index contributed by atoms with van der Waals surface area (Å²) in [7, 11) is 0. The highest BCUT2D eigenvalue weighted by molar-refractivity contribution is 7.99. The zero-order chi connectivity index (χ0) is 15.4. The number of amides is 1. The van der Waals surface area contributed by atoms with Crippen molar-refractivity contribution in [2.45, 2.75) is 30.8 Å². The number of nitrogens with zero attached hydrogens (tertiary/aromatic N) is 2. The summed E-state index contributed by atoms with van der Waals surface area (Å²) in [5.41, 5.74) is 0.684. The van der Waals surface area contributed by atoms with Crippen LogP contribution >= 0.6 is 11.8 Å². The predicted molar refractivity (Wildman–Crippen MR) is 85.3 cm³/mol. The fourth-order valence-electron chi connectivity index (χ4n) is 2.03. The van der Waals surface area contributed by atoms with E-state index in [1.807, 2.05) is 31.2 Å². The van der Waals surface area contributed by atoms with Crippen LogP contribution in [-0.4, -0.2) is 33.4 Å².